The van der Waals surface area contributed by atoms with Crippen molar-refractivity contribution in [2.75, 3.05) is 6.61 Å². The van der Waals surface area contributed by atoms with Crippen LogP contribution in [-0.2, 0) is 17.6 Å². The molecule has 0 bridgehead atoms. The molecule has 1 aliphatic heterocycles. The summed E-state index contributed by atoms with van der Waals surface area (Å²) in [6.45, 7) is 5.13. The summed E-state index contributed by atoms with van der Waals surface area (Å²) in [7, 11) is 0. The zero-order valence-electron chi connectivity index (χ0n) is 19.2. The van der Waals surface area contributed by atoms with Crippen molar-refractivity contribution in [1.82, 2.24) is 4.57 Å². The summed E-state index contributed by atoms with van der Waals surface area (Å²) in [6, 6.07) is 14.0. The minimum Gasteiger partial charge on any atom is -0.394 e. The molecule has 0 unspecified atom stereocenters. The standard InChI is InChI=1S/C26H33NO6/c1-15-5-4-6-19-21(15)18(11-16-7-9-17(10-8-16)12-26(2,3)32)13-27(19)25-24(31)23(30)22(29)20(14-28)33-25/h4-10,13,20,22-25,28-32H,11-12,14H2,1-3H3/t20-,22-,23+,24-,25-/m1/s1. The molecule has 1 aromatic heterocycles. The quantitative estimate of drug-likeness (QED) is 0.387. The van der Waals surface area contributed by atoms with Gasteiger partial charge in [0, 0.05) is 18.0 Å². The Hall–Kier alpha value is -2.26. The van der Waals surface area contributed by atoms with Crippen LogP contribution in [-0.4, -0.2) is 66.7 Å². The van der Waals surface area contributed by atoms with Gasteiger partial charge >= 0.3 is 0 Å². The van der Waals surface area contributed by atoms with Gasteiger partial charge in [-0.3, -0.25) is 0 Å². The monoisotopic (exact) mass is 455 g/mol. The highest BCUT2D eigenvalue weighted by Gasteiger charge is 2.44. The van der Waals surface area contributed by atoms with E-state index < -0.39 is 42.9 Å². The summed E-state index contributed by atoms with van der Waals surface area (Å²) in [5, 5.41) is 51.8. The number of benzene rings is 2. The van der Waals surface area contributed by atoms with Crippen LogP contribution in [0.2, 0.25) is 0 Å². The van der Waals surface area contributed by atoms with Gasteiger partial charge in [-0.15, -0.1) is 0 Å². The number of aliphatic hydroxyl groups excluding tert-OH is 4. The zero-order valence-corrected chi connectivity index (χ0v) is 19.2. The lowest BCUT2D eigenvalue weighted by atomic mass is 9.96. The fraction of sp³-hybridized carbons (Fsp3) is 0.462. The molecular formula is C26H33NO6. The molecule has 7 nitrogen and oxygen atoms in total. The SMILES string of the molecule is Cc1cccc2c1c(Cc1ccc(CC(C)(C)O)cc1)cn2[C@@H]1O[C@H](CO)[C@@H](O)[C@H](O)[C@H]1O. The highest BCUT2D eigenvalue weighted by Crippen LogP contribution is 2.35. The molecule has 1 aliphatic rings. The molecule has 7 heteroatoms. The highest BCUT2D eigenvalue weighted by molar-refractivity contribution is 5.87. The molecule has 1 saturated heterocycles. The fourth-order valence-electron chi connectivity index (χ4n) is 4.74. The van der Waals surface area contributed by atoms with Crippen LogP contribution in [0.25, 0.3) is 10.9 Å². The molecular weight excluding hydrogens is 422 g/mol. The Kier molecular flexibility index (Phi) is 6.64. The first kappa shape index (κ1) is 23.9. The van der Waals surface area contributed by atoms with Gasteiger partial charge < -0.3 is 34.8 Å². The van der Waals surface area contributed by atoms with Gasteiger partial charge in [-0.25, -0.2) is 0 Å². The normalized spacial score (nSPS) is 26.1. The van der Waals surface area contributed by atoms with Crippen molar-refractivity contribution < 1.29 is 30.3 Å². The topological polar surface area (TPSA) is 115 Å². The van der Waals surface area contributed by atoms with Crippen LogP contribution in [0.3, 0.4) is 0 Å². The maximum absolute atomic E-state index is 10.7. The summed E-state index contributed by atoms with van der Waals surface area (Å²) in [5.41, 5.74) is 4.35. The Morgan fingerprint density at radius 1 is 0.939 bits per heavy atom. The number of aliphatic hydroxyl groups is 5. The second-order valence-electron chi connectivity index (χ2n) is 9.73. The summed E-state index contributed by atoms with van der Waals surface area (Å²) < 4.78 is 7.60. The molecule has 2 heterocycles. The van der Waals surface area contributed by atoms with Gasteiger partial charge in [0.2, 0.25) is 0 Å². The summed E-state index contributed by atoms with van der Waals surface area (Å²) >= 11 is 0. The number of fused-ring (bicyclic) bond motifs is 1. The predicted molar refractivity (Wildman–Crippen MR) is 125 cm³/mol. The third kappa shape index (κ3) is 4.84. The van der Waals surface area contributed by atoms with Crippen LogP contribution < -0.4 is 0 Å². The Labute approximate surface area is 193 Å². The van der Waals surface area contributed by atoms with Crippen LogP contribution in [0.4, 0.5) is 0 Å². The van der Waals surface area contributed by atoms with Crippen LogP contribution in [0.1, 0.15) is 42.3 Å². The van der Waals surface area contributed by atoms with Crippen molar-refractivity contribution in [3.63, 3.8) is 0 Å². The van der Waals surface area contributed by atoms with E-state index in [0.29, 0.717) is 12.8 Å². The highest BCUT2D eigenvalue weighted by atomic mass is 16.6. The van der Waals surface area contributed by atoms with E-state index in [1.54, 1.807) is 18.4 Å². The van der Waals surface area contributed by atoms with Crippen LogP contribution in [0.15, 0.2) is 48.7 Å². The predicted octanol–water partition coefficient (Wildman–Crippen LogP) is 1.83. The molecule has 3 aromatic rings. The minimum absolute atomic E-state index is 0.469. The molecule has 0 saturated carbocycles. The third-order valence-electron chi connectivity index (χ3n) is 6.34. The summed E-state index contributed by atoms with van der Waals surface area (Å²) in [5.74, 6) is 0. The fourth-order valence-corrected chi connectivity index (χ4v) is 4.74. The van der Waals surface area contributed by atoms with E-state index in [0.717, 1.165) is 33.2 Å². The first-order valence-electron chi connectivity index (χ1n) is 11.3. The van der Waals surface area contributed by atoms with E-state index in [2.05, 4.69) is 12.1 Å². The molecule has 33 heavy (non-hydrogen) atoms. The number of hydrogen-bond acceptors (Lipinski definition) is 6. The molecule has 0 amide bonds. The van der Waals surface area contributed by atoms with Gasteiger partial charge in [0.15, 0.2) is 6.23 Å². The molecule has 5 N–H and O–H groups in total. The number of aromatic nitrogens is 1. The van der Waals surface area contributed by atoms with Gasteiger partial charge in [0.25, 0.3) is 0 Å². The lowest BCUT2D eigenvalue weighted by Gasteiger charge is -2.40. The van der Waals surface area contributed by atoms with E-state index in [1.165, 1.54) is 0 Å². The largest absolute Gasteiger partial charge is 0.394 e. The molecule has 1 fully saturated rings. The molecule has 0 spiro atoms. The second kappa shape index (κ2) is 9.18. The lowest BCUT2D eigenvalue weighted by molar-refractivity contribution is -0.250. The molecule has 2 aromatic carbocycles. The number of rotatable bonds is 6. The third-order valence-corrected chi connectivity index (χ3v) is 6.34. The average Bonchev–Trinajstić information content (AvgIpc) is 3.12. The average molecular weight is 456 g/mol. The van der Waals surface area contributed by atoms with Gasteiger partial charge in [0.05, 0.1) is 17.7 Å². The first-order valence-corrected chi connectivity index (χ1v) is 11.3. The smallest absolute Gasteiger partial charge is 0.163 e. The molecule has 5 atom stereocenters. The van der Waals surface area contributed by atoms with Crippen molar-refractivity contribution in [3.05, 3.63) is 70.9 Å². The van der Waals surface area contributed by atoms with Gasteiger partial charge in [-0.1, -0.05) is 36.4 Å². The van der Waals surface area contributed by atoms with Crippen LogP contribution in [0, 0.1) is 6.92 Å². The molecule has 4 rings (SSSR count). The number of aryl methyl sites for hydroxylation is 1. The van der Waals surface area contributed by atoms with Crippen molar-refractivity contribution >= 4 is 10.9 Å². The van der Waals surface area contributed by atoms with Crippen molar-refractivity contribution in [2.24, 2.45) is 0 Å². The van der Waals surface area contributed by atoms with Crippen molar-refractivity contribution in [2.45, 2.75) is 69.9 Å². The Morgan fingerprint density at radius 3 is 2.24 bits per heavy atom. The van der Waals surface area contributed by atoms with Gasteiger partial charge in [-0.05, 0) is 55.5 Å². The minimum atomic E-state index is -1.44. The summed E-state index contributed by atoms with van der Waals surface area (Å²) in [6.07, 6.45) is -2.98. The molecule has 0 radical (unpaired) electrons. The zero-order chi connectivity index (χ0) is 23.9. The number of nitrogens with zero attached hydrogens (tertiary/aromatic N) is 1. The maximum Gasteiger partial charge on any atom is 0.163 e. The number of hydrogen-bond donors (Lipinski definition) is 5. The first-order chi connectivity index (χ1) is 15.6. The van der Waals surface area contributed by atoms with Gasteiger partial charge in [0.1, 0.15) is 24.4 Å². The van der Waals surface area contributed by atoms with E-state index in [9.17, 15) is 25.5 Å². The van der Waals surface area contributed by atoms with Crippen LogP contribution in [0.5, 0.6) is 0 Å². The second-order valence-corrected chi connectivity index (χ2v) is 9.73. The Bertz CT molecular complexity index is 1100. The van der Waals surface area contributed by atoms with Crippen molar-refractivity contribution in [3.8, 4) is 0 Å². The lowest BCUT2D eigenvalue weighted by Crippen LogP contribution is -2.56. The van der Waals surface area contributed by atoms with Crippen LogP contribution >= 0.6 is 0 Å². The van der Waals surface area contributed by atoms with E-state index in [1.807, 2.05) is 43.5 Å². The Balaban J connectivity index is 1.69. The van der Waals surface area contributed by atoms with E-state index >= 15 is 0 Å². The van der Waals surface area contributed by atoms with Crippen molar-refractivity contribution in [1.29, 1.82) is 0 Å². The summed E-state index contributed by atoms with van der Waals surface area (Å²) in [4.78, 5) is 0. The van der Waals surface area contributed by atoms with E-state index in [4.69, 9.17) is 4.74 Å². The van der Waals surface area contributed by atoms with E-state index in [-0.39, 0.29) is 0 Å². The van der Waals surface area contributed by atoms with Gasteiger partial charge in [-0.2, -0.15) is 0 Å². The maximum atomic E-state index is 10.7. The number of ether oxygens (including phenoxy) is 1. The molecule has 0 aliphatic carbocycles. The Morgan fingerprint density at radius 2 is 1.61 bits per heavy atom. The molecule has 178 valence electrons.